The van der Waals surface area contributed by atoms with Crippen LogP contribution in [0.25, 0.3) is 22.5 Å². The van der Waals surface area contributed by atoms with Gasteiger partial charge < -0.3 is 0 Å². The van der Waals surface area contributed by atoms with Gasteiger partial charge in [0, 0.05) is 16.8 Å². The Balaban J connectivity index is 1.75. The van der Waals surface area contributed by atoms with E-state index in [0.717, 1.165) is 39.8 Å². The number of pyridine rings is 2. The van der Waals surface area contributed by atoms with Crippen molar-refractivity contribution in [1.82, 2.24) is 9.97 Å². The van der Waals surface area contributed by atoms with Gasteiger partial charge in [0.2, 0.25) is 0 Å². The average molecular weight is 512 g/mol. The van der Waals surface area contributed by atoms with Crippen LogP contribution in [-0.2, 0) is 10.8 Å². The van der Waals surface area contributed by atoms with Crippen molar-refractivity contribution in [3.05, 3.63) is 126 Å². The normalized spacial score (nSPS) is 11.8. The lowest BCUT2D eigenvalue weighted by Crippen LogP contribution is -2.20. The smallest absolute Gasteiger partial charge is 0.139 e. The van der Waals surface area contributed by atoms with Crippen molar-refractivity contribution in [3.63, 3.8) is 0 Å². The minimum absolute atomic E-state index is 0.0136. The largest absolute Gasteiger partial charge is 0.279 e. The summed E-state index contributed by atoms with van der Waals surface area (Å²) in [7, 11) is 0. The lowest BCUT2D eigenvalue weighted by atomic mass is 9.80. The summed E-state index contributed by atoms with van der Waals surface area (Å²) in [6.07, 6.45) is 0. The van der Waals surface area contributed by atoms with Crippen molar-refractivity contribution >= 4 is 17.3 Å². The minimum atomic E-state index is -0.0136. The number of hydrogen-bond donors (Lipinski definition) is 0. The van der Waals surface area contributed by atoms with Crippen molar-refractivity contribution in [2.45, 2.75) is 52.4 Å². The number of rotatable bonds is 5. The second kappa shape index (κ2) is 10.5. The molecular weight excluding hydrogens is 474 g/mol. The van der Waals surface area contributed by atoms with Gasteiger partial charge in [-0.1, -0.05) is 120 Å². The second-order valence-electron chi connectivity index (χ2n) is 12.1. The van der Waals surface area contributed by atoms with Gasteiger partial charge in [0.1, 0.15) is 11.6 Å². The first kappa shape index (κ1) is 26.4. The van der Waals surface area contributed by atoms with Crippen molar-refractivity contribution < 1.29 is 0 Å². The average Bonchev–Trinajstić information content (AvgIpc) is 2.93. The molecule has 0 N–H and O–H groups in total. The van der Waals surface area contributed by atoms with E-state index in [4.69, 9.17) is 9.97 Å². The van der Waals surface area contributed by atoms with E-state index in [0.29, 0.717) is 0 Å². The van der Waals surface area contributed by atoms with Crippen molar-refractivity contribution in [2.24, 2.45) is 0 Å². The predicted octanol–water partition coefficient (Wildman–Crippen LogP) is 9.88. The van der Waals surface area contributed by atoms with Gasteiger partial charge in [-0.25, -0.2) is 9.97 Å². The molecule has 0 amide bonds. The Hall–Kier alpha value is -4.24. The molecule has 0 fully saturated rings. The molecule has 3 aromatic carbocycles. The van der Waals surface area contributed by atoms with Gasteiger partial charge in [-0.15, -0.1) is 0 Å². The second-order valence-corrected chi connectivity index (χ2v) is 12.1. The molecule has 0 atom stereocenters. The molecule has 3 nitrogen and oxygen atoms in total. The van der Waals surface area contributed by atoms with Crippen LogP contribution >= 0.6 is 0 Å². The zero-order valence-electron chi connectivity index (χ0n) is 23.8. The van der Waals surface area contributed by atoms with E-state index >= 15 is 0 Å². The van der Waals surface area contributed by atoms with Gasteiger partial charge in [-0.2, -0.15) is 0 Å². The summed E-state index contributed by atoms with van der Waals surface area (Å²) in [6, 6.07) is 40.0. The SMILES string of the molecule is CC(C)(C)c1cc(N(c2cccc(-c3ccccc3)n2)c2cccc(-c3ccccc3)n2)cc(C(C)(C)C)c1. The number of anilines is 3. The van der Waals surface area contributed by atoms with Gasteiger partial charge in [0.15, 0.2) is 0 Å². The molecule has 0 spiro atoms. The van der Waals surface area contributed by atoms with Gasteiger partial charge in [-0.3, -0.25) is 4.90 Å². The zero-order chi connectivity index (χ0) is 27.6. The molecule has 0 aliphatic rings. The lowest BCUT2D eigenvalue weighted by molar-refractivity contribution is 0.568. The summed E-state index contributed by atoms with van der Waals surface area (Å²) < 4.78 is 0. The first-order valence-electron chi connectivity index (χ1n) is 13.6. The molecule has 39 heavy (non-hydrogen) atoms. The van der Waals surface area contributed by atoms with E-state index in [2.05, 4.69) is 150 Å². The standard InChI is InChI=1S/C36H37N3/c1-35(2,3)28-23-29(36(4,5)6)25-30(24-28)39(33-21-13-19-31(37-33)26-15-9-7-10-16-26)34-22-14-20-32(38-34)27-17-11-8-12-18-27/h7-25H,1-6H3. The molecule has 0 aliphatic carbocycles. The van der Waals surface area contributed by atoms with Crippen LogP contribution in [0.3, 0.4) is 0 Å². The fourth-order valence-corrected chi connectivity index (χ4v) is 4.62. The van der Waals surface area contributed by atoms with Gasteiger partial charge in [0.05, 0.1) is 11.4 Å². The van der Waals surface area contributed by atoms with Crippen LogP contribution in [0.15, 0.2) is 115 Å². The van der Waals surface area contributed by atoms with Crippen LogP contribution in [0.1, 0.15) is 52.7 Å². The topological polar surface area (TPSA) is 29.0 Å². The quantitative estimate of drug-likeness (QED) is 0.235. The molecule has 2 aromatic heterocycles. The molecule has 0 saturated carbocycles. The van der Waals surface area contributed by atoms with E-state index in [1.54, 1.807) is 0 Å². The van der Waals surface area contributed by atoms with Crippen molar-refractivity contribution in [3.8, 4) is 22.5 Å². The third-order valence-electron chi connectivity index (χ3n) is 6.97. The minimum Gasteiger partial charge on any atom is -0.279 e. The molecule has 0 unspecified atom stereocenters. The molecule has 3 heteroatoms. The molecule has 0 aliphatic heterocycles. The maximum atomic E-state index is 5.17. The summed E-state index contributed by atoms with van der Waals surface area (Å²) >= 11 is 0. The van der Waals surface area contributed by atoms with Crippen LogP contribution in [0.2, 0.25) is 0 Å². The van der Waals surface area contributed by atoms with Crippen LogP contribution in [-0.4, -0.2) is 9.97 Å². The van der Waals surface area contributed by atoms with Crippen LogP contribution in [0.4, 0.5) is 17.3 Å². The molecule has 0 radical (unpaired) electrons. The molecular formula is C36H37N3. The van der Waals surface area contributed by atoms with Gasteiger partial charge in [-0.05, 0) is 58.4 Å². The van der Waals surface area contributed by atoms with Crippen LogP contribution in [0, 0.1) is 0 Å². The molecule has 0 bridgehead atoms. The maximum absolute atomic E-state index is 5.17. The number of aromatic nitrogens is 2. The van der Waals surface area contributed by atoms with Crippen molar-refractivity contribution in [2.75, 3.05) is 4.90 Å². The maximum Gasteiger partial charge on any atom is 0.139 e. The third kappa shape index (κ3) is 5.93. The Bertz CT molecular complexity index is 1440. The predicted molar refractivity (Wildman–Crippen MR) is 165 cm³/mol. The Morgan fingerprint density at radius 2 is 0.872 bits per heavy atom. The van der Waals surface area contributed by atoms with Gasteiger partial charge in [0.25, 0.3) is 0 Å². The summed E-state index contributed by atoms with van der Waals surface area (Å²) in [6.45, 7) is 13.6. The highest BCUT2D eigenvalue weighted by molar-refractivity contribution is 5.76. The summed E-state index contributed by atoms with van der Waals surface area (Å²) in [5.74, 6) is 1.67. The number of hydrogen-bond acceptors (Lipinski definition) is 3. The Labute approximate surface area is 233 Å². The Morgan fingerprint density at radius 3 is 1.26 bits per heavy atom. The monoisotopic (exact) mass is 511 g/mol. The van der Waals surface area contributed by atoms with E-state index < -0.39 is 0 Å². The van der Waals surface area contributed by atoms with Crippen LogP contribution < -0.4 is 4.90 Å². The Kier molecular flexibility index (Phi) is 7.10. The molecule has 0 saturated heterocycles. The summed E-state index contributed by atoms with van der Waals surface area (Å²) in [5, 5.41) is 0. The molecule has 196 valence electrons. The lowest BCUT2D eigenvalue weighted by Gasteiger charge is -2.30. The first-order chi connectivity index (χ1) is 18.6. The van der Waals surface area contributed by atoms with Crippen LogP contribution in [0.5, 0.6) is 0 Å². The number of nitrogens with zero attached hydrogens (tertiary/aromatic N) is 3. The highest BCUT2D eigenvalue weighted by Gasteiger charge is 2.24. The third-order valence-corrected chi connectivity index (χ3v) is 6.97. The van der Waals surface area contributed by atoms with Gasteiger partial charge >= 0.3 is 0 Å². The molecule has 5 aromatic rings. The Morgan fingerprint density at radius 1 is 0.462 bits per heavy atom. The summed E-state index contributed by atoms with van der Waals surface area (Å²) in [4.78, 5) is 12.5. The first-order valence-corrected chi connectivity index (χ1v) is 13.6. The molecule has 5 rings (SSSR count). The van der Waals surface area contributed by atoms with E-state index in [1.807, 2.05) is 12.1 Å². The fraction of sp³-hybridized carbons (Fsp3) is 0.222. The van der Waals surface area contributed by atoms with E-state index in [9.17, 15) is 0 Å². The molecule has 2 heterocycles. The number of benzene rings is 3. The highest BCUT2D eigenvalue weighted by Crippen LogP contribution is 2.39. The highest BCUT2D eigenvalue weighted by atomic mass is 15.2. The fourth-order valence-electron chi connectivity index (χ4n) is 4.62. The summed E-state index contributed by atoms with van der Waals surface area (Å²) in [5.41, 5.74) is 7.64. The van der Waals surface area contributed by atoms with E-state index in [1.165, 1.54) is 11.1 Å². The zero-order valence-corrected chi connectivity index (χ0v) is 23.8. The van der Waals surface area contributed by atoms with E-state index in [-0.39, 0.29) is 10.8 Å². The van der Waals surface area contributed by atoms with Crippen molar-refractivity contribution in [1.29, 1.82) is 0 Å².